The molecule has 3 nitrogen and oxygen atoms in total. The van der Waals surface area contributed by atoms with Crippen LogP contribution in [-0.2, 0) is 6.42 Å². The average Bonchev–Trinajstić information content (AvgIpc) is 2.71. The number of ether oxygens (including phenoxy) is 1. The molecular formula is C13H14N2OS. The highest BCUT2D eigenvalue weighted by Gasteiger charge is 2.25. The number of thiazole rings is 1. The largest absolute Gasteiger partial charge is 0.497 e. The van der Waals surface area contributed by atoms with Crippen LogP contribution in [-0.4, -0.2) is 12.1 Å². The maximum atomic E-state index is 5.82. The summed E-state index contributed by atoms with van der Waals surface area (Å²) in [5.74, 6) is 1.39. The molecule has 0 unspecified atom stereocenters. The topological polar surface area (TPSA) is 48.1 Å². The van der Waals surface area contributed by atoms with Crippen LogP contribution >= 0.6 is 11.3 Å². The van der Waals surface area contributed by atoms with Gasteiger partial charge in [0.05, 0.1) is 12.8 Å². The zero-order valence-corrected chi connectivity index (χ0v) is 10.7. The maximum absolute atomic E-state index is 5.82. The molecule has 4 heteroatoms. The fourth-order valence-corrected chi connectivity index (χ4v) is 3.29. The molecule has 1 heterocycles. The summed E-state index contributed by atoms with van der Waals surface area (Å²) in [6.45, 7) is 2.22. The molecule has 88 valence electrons. The van der Waals surface area contributed by atoms with Gasteiger partial charge < -0.3 is 10.5 Å². The highest BCUT2D eigenvalue weighted by atomic mass is 32.1. The Morgan fingerprint density at radius 2 is 2.29 bits per heavy atom. The van der Waals surface area contributed by atoms with Gasteiger partial charge in [-0.15, -0.1) is 11.3 Å². The predicted molar refractivity (Wildman–Crippen MR) is 70.6 cm³/mol. The van der Waals surface area contributed by atoms with Crippen molar-refractivity contribution in [1.82, 2.24) is 4.98 Å². The lowest BCUT2D eigenvalue weighted by molar-refractivity contribution is 0.414. The van der Waals surface area contributed by atoms with Crippen LogP contribution in [0.3, 0.4) is 0 Å². The third kappa shape index (κ3) is 1.60. The molecule has 1 aromatic heterocycles. The quantitative estimate of drug-likeness (QED) is 0.841. The molecule has 1 aliphatic rings. The lowest BCUT2D eigenvalue weighted by atomic mass is 9.87. The van der Waals surface area contributed by atoms with Crippen LogP contribution in [0.5, 0.6) is 5.75 Å². The van der Waals surface area contributed by atoms with Crippen LogP contribution in [0.15, 0.2) is 18.2 Å². The minimum absolute atomic E-state index is 0.486. The molecule has 1 aliphatic carbocycles. The van der Waals surface area contributed by atoms with Crippen molar-refractivity contribution in [2.45, 2.75) is 19.3 Å². The molecule has 1 aromatic carbocycles. The lowest BCUT2D eigenvalue weighted by Crippen LogP contribution is -2.06. The molecule has 0 amide bonds. The molecule has 2 N–H and O–H groups in total. The number of nitrogens with two attached hydrogens (primary N) is 1. The molecule has 1 atom stereocenters. The molecule has 0 saturated heterocycles. The Morgan fingerprint density at radius 1 is 1.47 bits per heavy atom. The minimum atomic E-state index is 0.486. The SMILES string of the molecule is COc1ccc2c(c1)C[C@@H](C)c1sc(N)nc1-2. The van der Waals surface area contributed by atoms with E-state index in [-0.39, 0.29) is 0 Å². The van der Waals surface area contributed by atoms with E-state index in [1.54, 1.807) is 18.4 Å². The van der Waals surface area contributed by atoms with Gasteiger partial charge in [0, 0.05) is 10.4 Å². The normalized spacial score (nSPS) is 17.4. The number of hydrogen-bond donors (Lipinski definition) is 1. The standard InChI is InChI=1S/C13H14N2OS/c1-7-5-8-6-9(16-2)3-4-10(8)11-12(7)17-13(14)15-11/h3-4,6-7H,5H2,1-2H3,(H2,14,15)/t7-/m1/s1. The summed E-state index contributed by atoms with van der Waals surface area (Å²) in [4.78, 5) is 5.76. The van der Waals surface area contributed by atoms with Gasteiger partial charge >= 0.3 is 0 Å². The predicted octanol–water partition coefficient (Wildman–Crippen LogP) is 3.06. The van der Waals surface area contributed by atoms with Gasteiger partial charge in [0.1, 0.15) is 5.75 Å². The van der Waals surface area contributed by atoms with Crippen LogP contribution in [0.1, 0.15) is 23.3 Å². The van der Waals surface area contributed by atoms with Crippen molar-refractivity contribution in [3.05, 3.63) is 28.6 Å². The second kappa shape index (κ2) is 3.74. The van der Waals surface area contributed by atoms with E-state index in [0.717, 1.165) is 17.9 Å². The van der Waals surface area contributed by atoms with E-state index < -0.39 is 0 Å². The Kier molecular flexibility index (Phi) is 2.33. The molecule has 0 spiro atoms. The number of benzene rings is 1. The van der Waals surface area contributed by atoms with Gasteiger partial charge in [-0.05, 0) is 36.1 Å². The average molecular weight is 246 g/mol. The number of rotatable bonds is 1. The van der Waals surface area contributed by atoms with Gasteiger partial charge in [0.2, 0.25) is 0 Å². The first kappa shape index (κ1) is 10.6. The summed E-state index contributed by atoms with van der Waals surface area (Å²) in [5, 5.41) is 0.658. The van der Waals surface area contributed by atoms with Crippen molar-refractivity contribution in [3.8, 4) is 17.0 Å². The zero-order valence-electron chi connectivity index (χ0n) is 9.86. The third-order valence-electron chi connectivity index (χ3n) is 3.21. The minimum Gasteiger partial charge on any atom is -0.497 e. The summed E-state index contributed by atoms with van der Waals surface area (Å²) in [6, 6.07) is 6.16. The van der Waals surface area contributed by atoms with Gasteiger partial charge in [-0.25, -0.2) is 4.98 Å². The molecule has 0 fully saturated rings. The lowest BCUT2D eigenvalue weighted by Gasteiger charge is -2.21. The number of fused-ring (bicyclic) bond motifs is 3. The summed E-state index contributed by atoms with van der Waals surface area (Å²) in [7, 11) is 1.69. The van der Waals surface area contributed by atoms with Crippen LogP contribution in [0, 0.1) is 0 Å². The Hall–Kier alpha value is -1.55. The van der Waals surface area contributed by atoms with Crippen LogP contribution < -0.4 is 10.5 Å². The molecule has 0 radical (unpaired) electrons. The van der Waals surface area contributed by atoms with E-state index in [0.29, 0.717) is 11.0 Å². The maximum Gasteiger partial charge on any atom is 0.180 e. The smallest absolute Gasteiger partial charge is 0.180 e. The second-order valence-corrected chi connectivity index (χ2v) is 5.46. The summed E-state index contributed by atoms with van der Waals surface area (Å²) >= 11 is 1.61. The van der Waals surface area contributed by atoms with E-state index in [4.69, 9.17) is 10.5 Å². The van der Waals surface area contributed by atoms with Crippen LogP contribution in [0.2, 0.25) is 0 Å². The van der Waals surface area contributed by atoms with Gasteiger partial charge in [0.25, 0.3) is 0 Å². The van der Waals surface area contributed by atoms with Crippen LogP contribution in [0.4, 0.5) is 5.13 Å². The Morgan fingerprint density at radius 3 is 3.06 bits per heavy atom. The number of hydrogen-bond acceptors (Lipinski definition) is 4. The van der Waals surface area contributed by atoms with Crippen molar-refractivity contribution in [3.63, 3.8) is 0 Å². The van der Waals surface area contributed by atoms with E-state index in [1.807, 2.05) is 6.07 Å². The van der Waals surface area contributed by atoms with E-state index >= 15 is 0 Å². The molecule has 0 bridgehead atoms. The number of anilines is 1. The molecule has 3 rings (SSSR count). The highest BCUT2D eigenvalue weighted by Crippen LogP contribution is 2.43. The van der Waals surface area contributed by atoms with Gasteiger partial charge in [-0.2, -0.15) is 0 Å². The fraction of sp³-hybridized carbons (Fsp3) is 0.308. The molecule has 0 aliphatic heterocycles. The third-order valence-corrected chi connectivity index (χ3v) is 4.33. The van der Waals surface area contributed by atoms with Crippen molar-refractivity contribution >= 4 is 16.5 Å². The van der Waals surface area contributed by atoms with Gasteiger partial charge in [0.15, 0.2) is 5.13 Å². The van der Waals surface area contributed by atoms with E-state index in [9.17, 15) is 0 Å². The monoisotopic (exact) mass is 246 g/mol. The Labute approximate surface area is 104 Å². The first-order valence-corrected chi connectivity index (χ1v) is 6.44. The molecule has 0 saturated carbocycles. The number of aromatic nitrogens is 1. The van der Waals surface area contributed by atoms with E-state index in [2.05, 4.69) is 24.0 Å². The molecule has 17 heavy (non-hydrogen) atoms. The first-order chi connectivity index (χ1) is 8.19. The zero-order chi connectivity index (χ0) is 12.0. The Balaban J connectivity index is 2.20. The van der Waals surface area contributed by atoms with Crippen molar-refractivity contribution in [2.24, 2.45) is 0 Å². The number of methoxy groups -OCH3 is 1. The van der Waals surface area contributed by atoms with Gasteiger partial charge in [-0.3, -0.25) is 0 Å². The fourth-order valence-electron chi connectivity index (χ4n) is 2.40. The Bertz CT molecular complexity index is 577. The number of nitrogens with zero attached hydrogens (tertiary/aromatic N) is 1. The van der Waals surface area contributed by atoms with Crippen molar-refractivity contribution < 1.29 is 4.74 Å². The highest BCUT2D eigenvalue weighted by molar-refractivity contribution is 7.16. The first-order valence-electron chi connectivity index (χ1n) is 5.62. The second-order valence-electron chi connectivity index (χ2n) is 4.39. The molecular weight excluding hydrogens is 232 g/mol. The molecule has 2 aromatic rings. The number of nitrogen functional groups attached to an aromatic ring is 1. The van der Waals surface area contributed by atoms with Crippen LogP contribution in [0.25, 0.3) is 11.3 Å². The summed E-state index contributed by atoms with van der Waals surface area (Å²) in [5.41, 5.74) is 9.38. The van der Waals surface area contributed by atoms with E-state index in [1.165, 1.54) is 16.0 Å². The summed E-state index contributed by atoms with van der Waals surface area (Å²) < 4.78 is 5.27. The summed E-state index contributed by atoms with van der Waals surface area (Å²) in [6.07, 6.45) is 1.03. The van der Waals surface area contributed by atoms with Crippen molar-refractivity contribution in [1.29, 1.82) is 0 Å². The van der Waals surface area contributed by atoms with Gasteiger partial charge in [-0.1, -0.05) is 6.92 Å². The van der Waals surface area contributed by atoms with Crippen molar-refractivity contribution in [2.75, 3.05) is 12.8 Å².